The predicted octanol–water partition coefficient (Wildman–Crippen LogP) is 2.13. The molecule has 3 N–H and O–H groups in total. The fourth-order valence-corrected chi connectivity index (χ4v) is 4.10. The van der Waals surface area contributed by atoms with Crippen molar-refractivity contribution in [1.82, 2.24) is 15.3 Å². The third kappa shape index (κ3) is 5.76. The molecule has 3 rings (SSSR count). The van der Waals surface area contributed by atoms with Gasteiger partial charge in [-0.3, -0.25) is 14.9 Å². The number of carboxylic acid groups (broad SMARTS) is 1. The molecule has 1 saturated heterocycles. The van der Waals surface area contributed by atoms with Crippen molar-refractivity contribution in [2.75, 3.05) is 23.3 Å². The molecule has 186 valence electrons. The molecule has 11 nitrogen and oxygen atoms in total. The Labute approximate surface area is 210 Å². The monoisotopic (exact) mass is 522 g/mol. The summed E-state index contributed by atoms with van der Waals surface area (Å²) in [5.41, 5.74) is -0.775. The van der Waals surface area contributed by atoms with Gasteiger partial charge in [0.15, 0.2) is 6.17 Å². The maximum atomic E-state index is 13.5. The van der Waals surface area contributed by atoms with Crippen LogP contribution in [0.2, 0.25) is 10.0 Å². The standard InChI is InChI=1S/C22H23Cl2N5O6/c1-22(2)19(29(35)20(33)26-15-7-3-5-13(23)9-15)28(16-8-4-6-14(24)10-16)21(34)27(22)12-17(30)25-11-18(31)32/h3-10,19,35H,11-12H2,1-2H3,(H,25,30)(H,26,33)(H,31,32)/p-1/t19-/m0/s1. The summed E-state index contributed by atoms with van der Waals surface area (Å²) in [6.07, 6.45) is -1.32. The van der Waals surface area contributed by atoms with Gasteiger partial charge in [-0.25, -0.2) is 9.59 Å². The van der Waals surface area contributed by atoms with Crippen molar-refractivity contribution in [3.8, 4) is 0 Å². The zero-order valence-electron chi connectivity index (χ0n) is 18.7. The van der Waals surface area contributed by atoms with Gasteiger partial charge in [0.25, 0.3) is 0 Å². The number of nitrogens with zero attached hydrogens (tertiary/aromatic N) is 3. The number of amides is 5. The van der Waals surface area contributed by atoms with Gasteiger partial charge in [0.05, 0.1) is 18.1 Å². The summed E-state index contributed by atoms with van der Waals surface area (Å²) in [6.45, 7) is 1.80. The lowest BCUT2D eigenvalue weighted by Crippen LogP contribution is -2.58. The number of hydrogen-bond acceptors (Lipinski definition) is 6. The summed E-state index contributed by atoms with van der Waals surface area (Å²) in [7, 11) is 0. The third-order valence-corrected chi connectivity index (χ3v) is 5.81. The second kappa shape index (κ2) is 10.4. The van der Waals surface area contributed by atoms with Crippen molar-refractivity contribution in [3.05, 3.63) is 58.6 Å². The topological polar surface area (TPSA) is 145 Å². The summed E-state index contributed by atoms with van der Waals surface area (Å²) in [5.74, 6) is -2.27. The van der Waals surface area contributed by atoms with E-state index in [0.29, 0.717) is 20.8 Å². The molecule has 2 aromatic carbocycles. The lowest BCUT2D eigenvalue weighted by Gasteiger charge is -2.38. The van der Waals surface area contributed by atoms with E-state index in [1.165, 1.54) is 12.1 Å². The number of benzene rings is 2. The highest BCUT2D eigenvalue weighted by molar-refractivity contribution is 6.31. The normalized spacial score (nSPS) is 16.7. The first-order valence-electron chi connectivity index (χ1n) is 10.3. The highest BCUT2D eigenvalue weighted by atomic mass is 35.5. The minimum Gasteiger partial charge on any atom is -0.548 e. The average molecular weight is 523 g/mol. The van der Waals surface area contributed by atoms with Crippen molar-refractivity contribution in [1.29, 1.82) is 0 Å². The molecule has 1 heterocycles. The molecule has 1 aliphatic heterocycles. The van der Waals surface area contributed by atoms with Crippen LogP contribution in [0.3, 0.4) is 0 Å². The number of urea groups is 2. The lowest BCUT2D eigenvalue weighted by atomic mass is 9.99. The Morgan fingerprint density at radius 2 is 1.74 bits per heavy atom. The summed E-state index contributed by atoms with van der Waals surface area (Å²) in [6, 6.07) is 10.7. The van der Waals surface area contributed by atoms with Crippen LogP contribution in [0.25, 0.3) is 0 Å². The van der Waals surface area contributed by atoms with Crippen LogP contribution >= 0.6 is 23.2 Å². The molecular formula is C22H22Cl2N5O6-. The first kappa shape index (κ1) is 26.1. The molecule has 1 atom stereocenters. The largest absolute Gasteiger partial charge is 0.548 e. The van der Waals surface area contributed by atoms with Gasteiger partial charge in [-0.15, -0.1) is 0 Å². The van der Waals surface area contributed by atoms with E-state index in [-0.39, 0.29) is 5.69 Å². The van der Waals surface area contributed by atoms with Crippen molar-refractivity contribution in [2.24, 2.45) is 0 Å². The molecule has 0 radical (unpaired) electrons. The van der Waals surface area contributed by atoms with Gasteiger partial charge in [0, 0.05) is 21.4 Å². The summed E-state index contributed by atoms with van der Waals surface area (Å²) in [5, 5.41) is 27.3. The highest BCUT2D eigenvalue weighted by Crippen LogP contribution is 2.38. The maximum absolute atomic E-state index is 13.5. The van der Waals surface area contributed by atoms with E-state index in [4.69, 9.17) is 23.2 Å². The van der Waals surface area contributed by atoms with Crippen LogP contribution < -0.4 is 20.6 Å². The molecule has 0 aromatic heterocycles. The number of hydrogen-bond donors (Lipinski definition) is 3. The van der Waals surface area contributed by atoms with Gasteiger partial charge in [-0.1, -0.05) is 35.3 Å². The van der Waals surface area contributed by atoms with Crippen LogP contribution in [0.5, 0.6) is 0 Å². The number of halogens is 2. The zero-order chi connectivity index (χ0) is 25.9. The molecule has 0 unspecified atom stereocenters. The van der Waals surface area contributed by atoms with E-state index >= 15 is 0 Å². The molecule has 0 saturated carbocycles. The number of carbonyl (C=O) groups excluding carboxylic acids is 4. The number of hydroxylamine groups is 2. The van der Waals surface area contributed by atoms with Crippen molar-refractivity contribution in [2.45, 2.75) is 25.6 Å². The van der Waals surface area contributed by atoms with Gasteiger partial charge in [0.1, 0.15) is 6.54 Å². The highest BCUT2D eigenvalue weighted by Gasteiger charge is 2.56. The van der Waals surface area contributed by atoms with Crippen LogP contribution in [0.15, 0.2) is 48.5 Å². The Morgan fingerprint density at radius 1 is 1.11 bits per heavy atom. The first-order valence-corrected chi connectivity index (χ1v) is 11.0. The smallest absolute Gasteiger partial charge is 0.347 e. The summed E-state index contributed by atoms with van der Waals surface area (Å²) in [4.78, 5) is 51.6. The van der Waals surface area contributed by atoms with E-state index in [0.717, 1.165) is 9.80 Å². The third-order valence-electron chi connectivity index (χ3n) is 5.34. The van der Waals surface area contributed by atoms with Crippen LogP contribution in [0, 0.1) is 0 Å². The van der Waals surface area contributed by atoms with E-state index < -0.39 is 48.7 Å². The molecule has 1 aliphatic rings. The molecule has 2 aromatic rings. The fourth-order valence-electron chi connectivity index (χ4n) is 3.72. The number of rotatable bonds is 7. The second-order valence-electron chi connectivity index (χ2n) is 8.18. The van der Waals surface area contributed by atoms with Gasteiger partial charge < -0.3 is 25.4 Å². The Morgan fingerprint density at radius 3 is 2.34 bits per heavy atom. The fraction of sp³-hybridized carbons (Fsp3) is 0.273. The Kier molecular flexibility index (Phi) is 7.73. The summed E-state index contributed by atoms with van der Waals surface area (Å²) >= 11 is 12.1. The average Bonchev–Trinajstić information content (AvgIpc) is 2.97. The Balaban J connectivity index is 1.95. The number of carbonyl (C=O) groups is 4. The first-order chi connectivity index (χ1) is 16.4. The van der Waals surface area contributed by atoms with Gasteiger partial charge in [-0.2, -0.15) is 5.06 Å². The molecule has 0 spiro atoms. The van der Waals surface area contributed by atoms with Gasteiger partial charge in [0.2, 0.25) is 5.91 Å². The number of anilines is 2. The number of nitrogens with one attached hydrogen (secondary N) is 2. The van der Waals surface area contributed by atoms with E-state index in [2.05, 4.69) is 10.6 Å². The molecule has 0 bridgehead atoms. The van der Waals surface area contributed by atoms with Crippen LogP contribution in [-0.2, 0) is 9.59 Å². The Hall–Kier alpha value is -3.54. The number of carboxylic acids is 1. The van der Waals surface area contributed by atoms with Gasteiger partial charge >= 0.3 is 12.1 Å². The molecule has 35 heavy (non-hydrogen) atoms. The molecule has 5 amide bonds. The van der Waals surface area contributed by atoms with E-state index in [1.807, 2.05) is 0 Å². The molecule has 13 heteroatoms. The SMILES string of the molecule is CC1(C)[C@H](N(O)C(=O)Nc2cccc(Cl)c2)N(c2cccc(Cl)c2)C(=O)N1CC(=O)NCC(=O)[O-]. The van der Waals surface area contributed by atoms with E-state index in [9.17, 15) is 29.5 Å². The van der Waals surface area contributed by atoms with Crippen LogP contribution in [-0.4, -0.2) is 63.9 Å². The van der Waals surface area contributed by atoms with Gasteiger partial charge in [-0.05, 0) is 50.2 Å². The minimum absolute atomic E-state index is 0.257. The maximum Gasteiger partial charge on any atom is 0.347 e. The van der Waals surface area contributed by atoms with E-state index in [1.54, 1.807) is 50.2 Å². The summed E-state index contributed by atoms with van der Waals surface area (Å²) < 4.78 is 0. The lowest BCUT2D eigenvalue weighted by molar-refractivity contribution is -0.304. The van der Waals surface area contributed by atoms with Crippen molar-refractivity contribution in [3.63, 3.8) is 0 Å². The Bertz CT molecular complexity index is 1160. The van der Waals surface area contributed by atoms with Crippen LogP contribution in [0.4, 0.5) is 21.0 Å². The second-order valence-corrected chi connectivity index (χ2v) is 9.05. The molecule has 0 aliphatic carbocycles. The van der Waals surface area contributed by atoms with Crippen molar-refractivity contribution < 1.29 is 29.5 Å². The number of aliphatic carboxylic acids is 1. The quantitative estimate of drug-likeness (QED) is 0.375. The zero-order valence-corrected chi connectivity index (χ0v) is 20.2. The predicted molar refractivity (Wildman–Crippen MR) is 126 cm³/mol. The van der Waals surface area contributed by atoms with Crippen molar-refractivity contribution >= 4 is 58.5 Å². The molecular weight excluding hydrogens is 501 g/mol. The molecule has 1 fully saturated rings. The minimum atomic E-state index is -1.50. The van der Waals surface area contributed by atoms with Crippen LogP contribution in [0.1, 0.15) is 13.8 Å².